The molecule has 0 fully saturated rings. The zero-order valence-electron chi connectivity index (χ0n) is 15.0. The summed E-state index contributed by atoms with van der Waals surface area (Å²) in [6.45, 7) is 1.95. The minimum Gasteiger partial charge on any atom is -0.497 e. The first-order valence-electron chi connectivity index (χ1n) is 8.55. The molecule has 5 nitrogen and oxygen atoms in total. The van der Waals surface area contributed by atoms with Gasteiger partial charge in [-0.05, 0) is 59.2 Å². The van der Waals surface area contributed by atoms with E-state index in [1.807, 2.05) is 61.5 Å². The summed E-state index contributed by atoms with van der Waals surface area (Å²) in [6, 6.07) is 19.2. The topological polar surface area (TPSA) is 63.8 Å². The smallest absolute Gasteiger partial charge is 0.307 e. The Hall–Kier alpha value is -3.60. The maximum absolute atomic E-state index is 12.4. The molecule has 5 heteroatoms. The predicted octanol–water partition coefficient (Wildman–Crippen LogP) is 4.67. The van der Waals surface area contributed by atoms with Crippen LogP contribution >= 0.6 is 0 Å². The Bertz CT molecular complexity index is 1170. The van der Waals surface area contributed by atoms with Gasteiger partial charge in [0.25, 0.3) is 0 Å². The second-order valence-corrected chi connectivity index (χ2v) is 6.23. The van der Waals surface area contributed by atoms with Crippen LogP contribution in [0, 0.1) is 6.92 Å². The quantitative estimate of drug-likeness (QED) is 0.426. The van der Waals surface area contributed by atoms with Crippen molar-refractivity contribution in [3.63, 3.8) is 0 Å². The summed E-state index contributed by atoms with van der Waals surface area (Å²) in [5.41, 5.74) is 5.09. The van der Waals surface area contributed by atoms with Crippen molar-refractivity contribution in [3.8, 4) is 5.75 Å². The maximum atomic E-state index is 12.4. The van der Waals surface area contributed by atoms with Crippen molar-refractivity contribution in [2.75, 3.05) is 7.11 Å². The van der Waals surface area contributed by atoms with E-state index in [4.69, 9.17) is 9.15 Å². The fourth-order valence-corrected chi connectivity index (χ4v) is 3.04. The molecule has 4 aromatic rings. The van der Waals surface area contributed by atoms with E-state index in [0.717, 1.165) is 33.0 Å². The van der Waals surface area contributed by atoms with Crippen LogP contribution in [0.25, 0.3) is 21.7 Å². The van der Waals surface area contributed by atoms with E-state index in [9.17, 15) is 4.79 Å². The first kappa shape index (κ1) is 16.8. The Labute approximate surface area is 156 Å². The molecule has 0 aliphatic rings. The highest BCUT2D eigenvalue weighted by Crippen LogP contribution is 2.28. The molecule has 0 saturated heterocycles. The molecule has 1 aromatic heterocycles. The molecule has 27 heavy (non-hydrogen) atoms. The third-order valence-corrected chi connectivity index (χ3v) is 4.50. The lowest BCUT2D eigenvalue weighted by molar-refractivity contribution is 0.0929. The molecule has 0 unspecified atom stereocenters. The Kier molecular flexibility index (Phi) is 4.34. The predicted molar refractivity (Wildman–Crippen MR) is 107 cm³/mol. The number of rotatable bonds is 4. The van der Waals surface area contributed by atoms with Gasteiger partial charge in [0, 0.05) is 5.39 Å². The van der Waals surface area contributed by atoms with E-state index in [1.165, 1.54) is 0 Å². The third-order valence-electron chi connectivity index (χ3n) is 4.50. The first-order chi connectivity index (χ1) is 13.2. The molecule has 134 valence electrons. The third kappa shape index (κ3) is 3.27. The molecular weight excluding hydrogens is 340 g/mol. The van der Waals surface area contributed by atoms with Gasteiger partial charge >= 0.3 is 5.91 Å². The molecule has 0 saturated carbocycles. The molecule has 4 rings (SSSR count). The number of nitrogens with one attached hydrogen (secondary N) is 1. The van der Waals surface area contributed by atoms with Gasteiger partial charge in [-0.25, -0.2) is 5.43 Å². The van der Waals surface area contributed by atoms with Crippen LogP contribution in [-0.4, -0.2) is 19.2 Å². The molecular formula is C22H18N2O3. The highest BCUT2D eigenvalue weighted by atomic mass is 16.5. The van der Waals surface area contributed by atoms with Crippen molar-refractivity contribution in [2.45, 2.75) is 6.92 Å². The molecule has 0 bridgehead atoms. The highest BCUT2D eigenvalue weighted by molar-refractivity contribution is 6.08. The highest BCUT2D eigenvalue weighted by Gasteiger charge is 2.13. The van der Waals surface area contributed by atoms with Crippen molar-refractivity contribution in [2.24, 2.45) is 5.10 Å². The van der Waals surface area contributed by atoms with E-state index in [0.29, 0.717) is 5.58 Å². The van der Waals surface area contributed by atoms with E-state index in [-0.39, 0.29) is 5.76 Å². The fourth-order valence-electron chi connectivity index (χ4n) is 3.04. The van der Waals surface area contributed by atoms with Gasteiger partial charge in [-0.3, -0.25) is 4.79 Å². The molecule has 0 radical (unpaired) electrons. The van der Waals surface area contributed by atoms with Crippen LogP contribution < -0.4 is 10.2 Å². The number of hydrazone groups is 1. The first-order valence-corrected chi connectivity index (χ1v) is 8.55. The maximum Gasteiger partial charge on any atom is 0.307 e. The van der Waals surface area contributed by atoms with Crippen molar-refractivity contribution >= 4 is 33.9 Å². The van der Waals surface area contributed by atoms with Crippen LogP contribution in [0.2, 0.25) is 0 Å². The van der Waals surface area contributed by atoms with Crippen molar-refractivity contribution in [1.29, 1.82) is 0 Å². The van der Waals surface area contributed by atoms with Gasteiger partial charge in [-0.2, -0.15) is 5.10 Å². The van der Waals surface area contributed by atoms with Crippen LogP contribution in [-0.2, 0) is 0 Å². The summed E-state index contributed by atoms with van der Waals surface area (Å²) in [7, 11) is 1.62. The Balaban J connectivity index is 1.55. The Morgan fingerprint density at radius 2 is 1.93 bits per heavy atom. The number of aryl methyl sites for hydroxylation is 1. The summed E-state index contributed by atoms with van der Waals surface area (Å²) in [5.74, 6) is 0.617. The van der Waals surface area contributed by atoms with Crippen LogP contribution in [0.4, 0.5) is 0 Å². The van der Waals surface area contributed by atoms with E-state index < -0.39 is 5.91 Å². The minimum atomic E-state index is -0.391. The normalized spacial score (nSPS) is 11.3. The summed E-state index contributed by atoms with van der Waals surface area (Å²) in [5, 5.41) is 7.11. The largest absolute Gasteiger partial charge is 0.497 e. The Morgan fingerprint density at radius 3 is 2.74 bits per heavy atom. The van der Waals surface area contributed by atoms with Crippen molar-refractivity contribution < 1.29 is 13.9 Å². The van der Waals surface area contributed by atoms with Crippen molar-refractivity contribution in [3.05, 3.63) is 77.6 Å². The Morgan fingerprint density at radius 1 is 1.07 bits per heavy atom. The van der Waals surface area contributed by atoms with Gasteiger partial charge in [0.15, 0.2) is 5.76 Å². The second kappa shape index (κ2) is 6.96. The number of methoxy groups -OCH3 is 1. The number of nitrogens with zero attached hydrogens (tertiary/aromatic N) is 1. The second-order valence-electron chi connectivity index (χ2n) is 6.23. The van der Waals surface area contributed by atoms with Gasteiger partial charge in [0.05, 0.1) is 13.3 Å². The van der Waals surface area contributed by atoms with Crippen LogP contribution in [0.3, 0.4) is 0 Å². The molecule has 3 aromatic carbocycles. The molecule has 0 spiro atoms. The summed E-state index contributed by atoms with van der Waals surface area (Å²) >= 11 is 0. The number of amides is 1. The van der Waals surface area contributed by atoms with Gasteiger partial charge in [-0.1, -0.05) is 30.3 Å². The standard InChI is InChI=1S/C22H18N2O3/c1-14-11-17(26-2)9-7-16(14)13-23-24-22(25)21-12-19-18-6-4-3-5-15(18)8-10-20(19)27-21/h3-13H,1-2H3,(H,24,25). The molecule has 0 aliphatic carbocycles. The average Bonchev–Trinajstić information content (AvgIpc) is 3.14. The van der Waals surface area contributed by atoms with Crippen LogP contribution in [0.1, 0.15) is 21.7 Å². The zero-order chi connectivity index (χ0) is 18.8. The van der Waals surface area contributed by atoms with Crippen LogP contribution in [0.15, 0.2) is 70.2 Å². The number of carbonyl (C=O) groups is 1. The summed E-state index contributed by atoms with van der Waals surface area (Å²) in [6.07, 6.45) is 1.60. The number of hydrogen-bond acceptors (Lipinski definition) is 4. The number of furan rings is 1. The monoisotopic (exact) mass is 358 g/mol. The SMILES string of the molecule is COc1ccc(C=NNC(=O)c2cc3c(ccc4ccccc43)o2)c(C)c1. The van der Waals surface area contributed by atoms with Crippen molar-refractivity contribution in [1.82, 2.24) is 5.43 Å². The zero-order valence-corrected chi connectivity index (χ0v) is 15.0. The van der Waals surface area contributed by atoms with E-state index in [1.54, 1.807) is 19.4 Å². The van der Waals surface area contributed by atoms with Crippen LogP contribution in [0.5, 0.6) is 5.75 Å². The minimum absolute atomic E-state index is 0.227. The number of hydrogen-bond donors (Lipinski definition) is 1. The molecule has 0 aliphatic heterocycles. The van der Waals surface area contributed by atoms with E-state index in [2.05, 4.69) is 10.5 Å². The summed E-state index contributed by atoms with van der Waals surface area (Å²) in [4.78, 5) is 12.4. The number of carbonyl (C=O) groups excluding carboxylic acids is 1. The van der Waals surface area contributed by atoms with E-state index >= 15 is 0 Å². The average molecular weight is 358 g/mol. The number of benzene rings is 3. The van der Waals surface area contributed by atoms with Gasteiger partial charge in [0.1, 0.15) is 11.3 Å². The van der Waals surface area contributed by atoms with Gasteiger partial charge < -0.3 is 9.15 Å². The van der Waals surface area contributed by atoms with Gasteiger partial charge in [-0.15, -0.1) is 0 Å². The molecule has 1 amide bonds. The lowest BCUT2D eigenvalue weighted by Crippen LogP contribution is -2.16. The molecule has 1 heterocycles. The fraction of sp³-hybridized carbons (Fsp3) is 0.0909. The summed E-state index contributed by atoms with van der Waals surface area (Å²) < 4.78 is 10.9. The lowest BCUT2D eigenvalue weighted by atomic mass is 10.1. The number of ether oxygens (including phenoxy) is 1. The number of fused-ring (bicyclic) bond motifs is 3. The lowest BCUT2D eigenvalue weighted by Gasteiger charge is -2.03. The molecule has 0 atom stereocenters. The van der Waals surface area contributed by atoms with Gasteiger partial charge in [0.2, 0.25) is 0 Å². The molecule has 1 N–H and O–H groups in total.